The second kappa shape index (κ2) is 9.66. The van der Waals surface area contributed by atoms with Crippen molar-refractivity contribution in [1.29, 1.82) is 0 Å². The summed E-state index contributed by atoms with van der Waals surface area (Å²) in [5.74, 6) is 1.73. The fraction of sp³-hybridized carbons (Fsp3) is 0.533. The summed E-state index contributed by atoms with van der Waals surface area (Å²) in [5.41, 5.74) is 6.89. The zero-order chi connectivity index (χ0) is 14.8. The number of rotatable bonds is 9. The molecule has 1 rings (SSSR count). The van der Waals surface area contributed by atoms with Gasteiger partial charge in [-0.25, -0.2) is 0 Å². The minimum absolute atomic E-state index is 0.0741. The Balaban J connectivity index is 2.13. The van der Waals surface area contributed by atoms with Gasteiger partial charge in [-0.05, 0) is 43.4 Å². The van der Waals surface area contributed by atoms with Crippen molar-refractivity contribution in [2.24, 2.45) is 5.73 Å². The third-order valence-corrected chi connectivity index (χ3v) is 3.59. The van der Waals surface area contributed by atoms with Crippen LogP contribution in [0, 0.1) is 6.92 Å². The summed E-state index contributed by atoms with van der Waals surface area (Å²) in [6.07, 6.45) is 3.50. The molecule has 0 spiro atoms. The Morgan fingerprint density at radius 2 is 2.20 bits per heavy atom. The van der Waals surface area contributed by atoms with Gasteiger partial charge in [0.05, 0.1) is 12.6 Å². The maximum Gasteiger partial charge on any atom is 0.236 e. The van der Waals surface area contributed by atoms with Gasteiger partial charge < -0.3 is 15.8 Å². The number of aryl methyl sites for hydroxylation is 1. The van der Waals surface area contributed by atoms with Crippen molar-refractivity contribution in [3.8, 4) is 5.75 Å². The standard InChI is InChI=1S/C15H24N2O2S/c1-12-6-3-4-7-14(12)19-10-5-9-17-15(18)13(16)8-11-20-2/h3-4,6-7,13H,5,8-11,16H2,1-2H3,(H,17,18)/t13-/m0/s1. The zero-order valence-electron chi connectivity index (χ0n) is 12.2. The predicted octanol–water partition coefficient (Wildman–Crippen LogP) is 1.96. The third-order valence-electron chi connectivity index (χ3n) is 2.94. The first-order valence-corrected chi connectivity index (χ1v) is 8.25. The Hall–Kier alpha value is -1.20. The molecule has 0 heterocycles. The number of benzene rings is 1. The van der Waals surface area contributed by atoms with E-state index in [0.29, 0.717) is 19.6 Å². The van der Waals surface area contributed by atoms with Crippen LogP contribution in [0.5, 0.6) is 5.75 Å². The SMILES string of the molecule is CSCC[C@H](N)C(=O)NCCCOc1ccccc1C. The smallest absolute Gasteiger partial charge is 0.236 e. The number of carbonyl (C=O) groups is 1. The van der Waals surface area contributed by atoms with Gasteiger partial charge in [0.15, 0.2) is 0 Å². The van der Waals surface area contributed by atoms with E-state index in [1.165, 1.54) is 0 Å². The molecule has 1 atom stereocenters. The lowest BCUT2D eigenvalue weighted by Crippen LogP contribution is -2.41. The number of nitrogens with two attached hydrogens (primary N) is 1. The maximum absolute atomic E-state index is 11.6. The van der Waals surface area contributed by atoms with Crippen LogP contribution in [0.2, 0.25) is 0 Å². The van der Waals surface area contributed by atoms with Crippen molar-refractivity contribution < 1.29 is 9.53 Å². The zero-order valence-corrected chi connectivity index (χ0v) is 13.0. The summed E-state index contributed by atoms with van der Waals surface area (Å²) in [6.45, 7) is 3.20. The van der Waals surface area contributed by atoms with Crippen molar-refractivity contribution in [1.82, 2.24) is 5.32 Å². The molecule has 0 radical (unpaired) electrons. The number of nitrogens with one attached hydrogen (secondary N) is 1. The van der Waals surface area contributed by atoms with Crippen LogP contribution >= 0.6 is 11.8 Å². The van der Waals surface area contributed by atoms with Crippen LogP contribution in [0.1, 0.15) is 18.4 Å². The van der Waals surface area contributed by atoms with Crippen molar-refractivity contribution >= 4 is 17.7 Å². The molecule has 1 aromatic rings. The van der Waals surface area contributed by atoms with Crippen molar-refractivity contribution in [2.75, 3.05) is 25.2 Å². The van der Waals surface area contributed by atoms with E-state index in [1.807, 2.05) is 37.4 Å². The number of hydrogen-bond donors (Lipinski definition) is 2. The van der Waals surface area contributed by atoms with Gasteiger partial charge in [-0.3, -0.25) is 4.79 Å². The maximum atomic E-state index is 11.6. The summed E-state index contributed by atoms with van der Waals surface area (Å²) < 4.78 is 5.66. The summed E-state index contributed by atoms with van der Waals surface area (Å²) in [7, 11) is 0. The van der Waals surface area contributed by atoms with Crippen molar-refractivity contribution in [2.45, 2.75) is 25.8 Å². The first-order chi connectivity index (χ1) is 9.65. The van der Waals surface area contributed by atoms with E-state index in [-0.39, 0.29) is 5.91 Å². The number of amides is 1. The number of thioether (sulfide) groups is 1. The Kier molecular flexibility index (Phi) is 8.14. The molecule has 112 valence electrons. The Morgan fingerprint density at radius 3 is 2.90 bits per heavy atom. The van der Waals surface area contributed by atoms with Crippen LogP contribution < -0.4 is 15.8 Å². The van der Waals surface area contributed by atoms with Gasteiger partial charge in [0, 0.05) is 6.54 Å². The van der Waals surface area contributed by atoms with E-state index >= 15 is 0 Å². The summed E-state index contributed by atoms with van der Waals surface area (Å²) in [6, 6.07) is 7.50. The molecule has 0 aliphatic heterocycles. The van der Waals surface area contributed by atoms with Crippen LogP contribution in [0.15, 0.2) is 24.3 Å². The normalized spacial score (nSPS) is 11.9. The summed E-state index contributed by atoms with van der Waals surface area (Å²) in [4.78, 5) is 11.6. The molecule has 3 N–H and O–H groups in total. The summed E-state index contributed by atoms with van der Waals surface area (Å²) in [5, 5.41) is 2.84. The molecule has 0 fully saturated rings. The van der Waals surface area contributed by atoms with Crippen LogP contribution in [-0.4, -0.2) is 37.1 Å². The van der Waals surface area contributed by atoms with Gasteiger partial charge in [-0.1, -0.05) is 18.2 Å². The van der Waals surface area contributed by atoms with Crippen LogP contribution in [-0.2, 0) is 4.79 Å². The minimum atomic E-state index is -0.403. The highest BCUT2D eigenvalue weighted by molar-refractivity contribution is 7.98. The van der Waals surface area contributed by atoms with E-state index in [1.54, 1.807) is 11.8 Å². The lowest BCUT2D eigenvalue weighted by Gasteiger charge is -2.12. The molecular formula is C15H24N2O2S. The average molecular weight is 296 g/mol. The molecule has 1 amide bonds. The highest BCUT2D eigenvalue weighted by atomic mass is 32.2. The molecule has 0 aromatic heterocycles. The summed E-state index contributed by atoms with van der Waals surface area (Å²) >= 11 is 1.70. The number of ether oxygens (including phenoxy) is 1. The largest absolute Gasteiger partial charge is 0.493 e. The van der Waals surface area contributed by atoms with Crippen LogP contribution in [0.4, 0.5) is 0 Å². The first kappa shape index (κ1) is 16.9. The lowest BCUT2D eigenvalue weighted by molar-refractivity contribution is -0.122. The Morgan fingerprint density at radius 1 is 1.45 bits per heavy atom. The highest BCUT2D eigenvalue weighted by Gasteiger charge is 2.11. The van der Waals surface area contributed by atoms with E-state index in [2.05, 4.69) is 5.32 Å². The second-order valence-electron chi connectivity index (χ2n) is 4.65. The quantitative estimate of drug-likeness (QED) is 0.684. The van der Waals surface area contributed by atoms with Gasteiger partial charge in [-0.2, -0.15) is 11.8 Å². The molecule has 0 saturated carbocycles. The van der Waals surface area contributed by atoms with Crippen LogP contribution in [0.25, 0.3) is 0 Å². The Labute approximate surface area is 125 Å². The first-order valence-electron chi connectivity index (χ1n) is 6.86. The second-order valence-corrected chi connectivity index (χ2v) is 5.63. The van der Waals surface area contributed by atoms with Gasteiger partial charge in [0.25, 0.3) is 0 Å². The molecular weight excluding hydrogens is 272 g/mol. The van der Waals surface area contributed by atoms with Gasteiger partial charge in [0.2, 0.25) is 5.91 Å². The van der Waals surface area contributed by atoms with Crippen molar-refractivity contribution in [3.63, 3.8) is 0 Å². The molecule has 5 heteroatoms. The molecule has 0 unspecified atom stereocenters. The molecule has 0 aliphatic rings. The highest BCUT2D eigenvalue weighted by Crippen LogP contribution is 2.15. The van der Waals surface area contributed by atoms with E-state index < -0.39 is 6.04 Å². The van der Waals surface area contributed by atoms with Crippen molar-refractivity contribution in [3.05, 3.63) is 29.8 Å². The van der Waals surface area contributed by atoms with E-state index in [0.717, 1.165) is 23.5 Å². The monoisotopic (exact) mass is 296 g/mol. The van der Waals surface area contributed by atoms with Gasteiger partial charge >= 0.3 is 0 Å². The fourth-order valence-electron chi connectivity index (χ4n) is 1.69. The van der Waals surface area contributed by atoms with Gasteiger partial charge in [-0.15, -0.1) is 0 Å². The van der Waals surface area contributed by atoms with Gasteiger partial charge in [0.1, 0.15) is 5.75 Å². The third kappa shape index (κ3) is 6.30. The number of para-hydroxylation sites is 1. The molecule has 0 bridgehead atoms. The fourth-order valence-corrected chi connectivity index (χ4v) is 2.18. The van der Waals surface area contributed by atoms with E-state index in [9.17, 15) is 4.79 Å². The lowest BCUT2D eigenvalue weighted by atomic mass is 10.2. The van der Waals surface area contributed by atoms with E-state index in [4.69, 9.17) is 10.5 Å². The number of carbonyl (C=O) groups excluding carboxylic acids is 1. The predicted molar refractivity (Wildman–Crippen MR) is 85.3 cm³/mol. The average Bonchev–Trinajstić information content (AvgIpc) is 2.46. The van der Waals surface area contributed by atoms with Crippen LogP contribution in [0.3, 0.4) is 0 Å². The Bertz CT molecular complexity index is 413. The minimum Gasteiger partial charge on any atom is -0.493 e. The molecule has 0 aliphatic carbocycles. The number of hydrogen-bond acceptors (Lipinski definition) is 4. The topological polar surface area (TPSA) is 64.4 Å². The molecule has 0 saturated heterocycles. The molecule has 20 heavy (non-hydrogen) atoms. The molecule has 1 aromatic carbocycles. The molecule has 4 nitrogen and oxygen atoms in total.